The van der Waals surface area contributed by atoms with Crippen molar-refractivity contribution in [2.75, 3.05) is 0 Å². The molecular weight excluding hydrogens is 290 g/mol. The van der Waals surface area contributed by atoms with Crippen LogP contribution in [0, 0.1) is 0 Å². The molecule has 1 heterocycles. The van der Waals surface area contributed by atoms with E-state index in [-0.39, 0.29) is 6.04 Å². The molecule has 1 N–H and O–H groups in total. The number of benzene rings is 1. The first-order chi connectivity index (χ1) is 8.70. The van der Waals surface area contributed by atoms with Crippen molar-refractivity contribution in [2.45, 2.75) is 32.4 Å². The average Bonchev–Trinajstić information content (AvgIpc) is 2.90. The Morgan fingerprint density at radius 2 is 1.94 bits per heavy atom. The molecule has 0 fully saturated rings. The van der Waals surface area contributed by atoms with Crippen LogP contribution in [0.25, 0.3) is 0 Å². The highest BCUT2D eigenvalue weighted by atomic mass is 79.9. The summed E-state index contributed by atoms with van der Waals surface area (Å²) >= 11 is 3.46. The van der Waals surface area contributed by atoms with Crippen LogP contribution >= 0.6 is 15.9 Å². The van der Waals surface area contributed by atoms with Gasteiger partial charge in [-0.05, 0) is 43.2 Å². The molecule has 0 bridgehead atoms. The molecule has 2 rings (SSSR count). The minimum atomic E-state index is 0.263. The van der Waals surface area contributed by atoms with E-state index in [2.05, 4.69) is 59.4 Å². The average molecular weight is 308 g/mol. The van der Waals surface area contributed by atoms with E-state index < -0.39 is 0 Å². The first-order valence-corrected chi connectivity index (χ1v) is 7.05. The van der Waals surface area contributed by atoms with Crippen molar-refractivity contribution in [3.05, 3.63) is 58.5 Å². The molecule has 3 heteroatoms. The smallest absolute Gasteiger partial charge is 0.120 e. The number of furan rings is 1. The lowest BCUT2D eigenvalue weighted by Crippen LogP contribution is -2.23. The Morgan fingerprint density at radius 1 is 1.22 bits per heavy atom. The van der Waals surface area contributed by atoms with Crippen LogP contribution in [-0.4, -0.2) is 0 Å². The fourth-order valence-corrected chi connectivity index (χ4v) is 2.30. The van der Waals surface area contributed by atoms with Crippen LogP contribution in [0.1, 0.15) is 43.7 Å². The molecule has 2 atom stereocenters. The van der Waals surface area contributed by atoms with Gasteiger partial charge in [-0.3, -0.25) is 0 Å². The van der Waals surface area contributed by atoms with Gasteiger partial charge in [0.2, 0.25) is 0 Å². The normalized spacial score (nSPS) is 14.4. The summed E-state index contributed by atoms with van der Waals surface area (Å²) in [6, 6.07) is 12.9. The summed E-state index contributed by atoms with van der Waals surface area (Å²) in [5, 5.41) is 3.60. The second-order valence-electron chi connectivity index (χ2n) is 4.42. The minimum Gasteiger partial charge on any atom is -0.468 e. The van der Waals surface area contributed by atoms with Crippen LogP contribution in [0.2, 0.25) is 0 Å². The van der Waals surface area contributed by atoms with Crippen molar-refractivity contribution in [1.82, 2.24) is 5.32 Å². The van der Waals surface area contributed by atoms with Gasteiger partial charge in [-0.25, -0.2) is 0 Å². The molecule has 0 amide bonds. The lowest BCUT2D eigenvalue weighted by Gasteiger charge is -2.21. The zero-order valence-corrected chi connectivity index (χ0v) is 12.3. The van der Waals surface area contributed by atoms with E-state index >= 15 is 0 Å². The van der Waals surface area contributed by atoms with E-state index in [0.717, 1.165) is 16.7 Å². The maximum atomic E-state index is 5.47. The fourth-order valence-electron chi connectivity index (χ4n) is 2.04. The Hall–Kier alpha value is -1.06. The molecule has 0 radical (unpaired) electrons. The van der Waals surface area contributed by atoms with Gasteiger partial charge >= 0.3 is 0 Å². The predicted octanol–water partition coefficient (Wildman–Crippen LogP) is 4.84. The SMILES string of the molecule is CCC(N[C@H](C)c1ccc(Br)cc1)c1ccco1. The van der Waals surface area contributed by atoms with Crippen molar-refractivity contribution < 1.29 is 4.42 Å². The summed E-state index contributed by atoms with van der Waals surface area (Å²) in [6.07, 6.45) is 2.73. The highest BCUT2D eigenvalue weighted by molar-refractivity contribution is 9.10. The monoisotopic (exact) mass is 307 g/mol. The molecular formula is C15H18BrNO. The lowest BCUT2D eigenvalue weighted by atomic mass is 10.1. The highest BCUT2D eigenvalue weighted by Gasteiger charge is 2.15. The molecule has 1 unspecified atom stereocenters. The molecule has 0 aliphatic carbocycles. The van der Waals surface area contributed by atoms with Gasteiger partial charge in [0.05, 0.1) is 12.3 Å². The first-order valence-electron chi connectivity index (χ1n) is 6.25. The lowest BCUT2D eigenvalue weighted by molar-refractivity contribution is 0.376. The van der Waals surface area contributed by atoms with Gasteiger partial charge in [0.1, 0.15) is 5.76 Å². The van der Waals surface area contributed by atoms with Gasteiger partial charge in [-0.1, -0.05) is 35.0 Å². The summed E-state index contributed by atoms with van der Waals surface area (Å²) in [5.74, 6) is 1.00. The van der Waals surface area contributed by atoms with E-state index in [4.69, 9.17) is 4.42 Å². The van der Waals surface area contributed by atoms with Gasteiger partial charge < -0.3 is 9.73 Å². The van der Waals surface area contributed by atoms with Crippen LogP contribution in [0.4, 0.5) is 0 Å². The molecule has 2 aromatic rings. The number of rotatable bonds is 5. The van der Waals surface area contributed by atoms with Crippen molar-refractivity contribution in [3.8, 4) is 0 Å². The first kappa shape index (κ1) is 13.4. The van der Waals surface area contributed by atoms with Crippen LogP contribution < -0.4 is 5.32 Å². The minimum absolute atomic E-state index is 0.263. The Kier molecular flexibility index (Phi) is 4.61. The number of halogens is 1. The third-order valence-corrected chi connectivity index (χ3v) is 3.64. The maximum Gasteiger partial charge on any atom is 0.120 e. The zero-order valence-electron chi connectivity index (χ0n) is 10.7. The third-order valence-electron chi connectivity index (χ3n) is 3.12. The van der Waals surface area contributed by atoms with E-state index in [1.54, 1.807) is 6.26 Å². The number of hydrogen-bond acceptors (Lipinski definition) is 2. The molecule has 0 saturated carbocycles. The highest BCUT2D eigenvalue weighted by Crippen LogP contribution is 2.23. The Labute approximate surface area is 117 Å². The predicted molar refractivity (Wildman–Crippen MR) is 77.4 cm³/mol. The second kappa shape index (κ2) is 6.21. The Balaban J connectivity index is 2.05. The molecule has 0 aliphatic heterocycles. The summed E-state index contributed by atoms with van der Waals surface area (Å²) in [7, 11) is 0. The molecule has 0 aliphatic rings. The molecule has 18 heavy (non-hydrogen) atoms. The Morgan fingerprint density at radius 3 is 2.50 bits per heavy atom. The zero-order chi connectivity index (χ0) is 13.0. The van der Waals surface area contributed by atoms with E-state index in [0.29, 0.717) is 6.04 Å². The molecule has 2 nitrogen and oxygen atoms in total. The van der Waals surface area contributed by atoms with E-state index in [1.165, 1.54) is 5.56 Å². The van der Waals surface area contributed by atoms with Crippen molar-refractivity contribution in [1.29, 1.82) is 0 Å². The standard InChI is InChI=1S/C15H18BrNO/c1-3-14(15-5-4-10-18-15)17-11(2)12-6-8-13(16)9-7-12/h4-11,14,17H,3H2,1-2H3/t11-,14?/m1/s1. The topological polar surface area (TPSA) is 25.2 Å². The van der Waals surface area contributed by atoms with Crippen LogP contribution in [0.3, 0.4) is 0 Å². The maximum absolute atomic E-state index is 5.47. The largest absolute Gasteiger partial charge is 0.468 e. The van der Waals surface area contributed by atoms with Gasteiger partial charge in [-0.2, -0.15) is 0 Å². The summed E-state index contributed by atoms with van der Waals surface area (Å²) < 4.78 is 6.58. The van der Waals surface area contributed by atoms with Gasteiger partial charge in [-0.15, -0.1) is 0 Å². The van der Waals surface area contributed by atoms with Gasteiger partial charge in [0, 0.05) is 10.5 Å². The Bertz CT molecular complexity index is 464. The second-order valence-corrected chi connectivity index (χ2v) is 5.33. The molecule has 0 spiro atoms. The van der Waals surface area contributed by atoms with Gasteiger partial charge in [0.15, 0.2) is 0 Å². The molecule has 1 aromatic heterocycles. The quantitative estimate of drug-likeness (QED) is 0.854. The van der Waals surface area contributed by atoms with E-state index in [9.17, 15) is 0 Å². The van der Waals surface area contributed by atoms with E-state index in [1.807, 2.05) is 12.1 Å². The summed E-state index contributed by atoms with van der Waals surface area (Å²) in [6.45, 7) is 4.34. The van der Waals surface area contributed by atoms with Crippen LogP contribution in [0.5, 0.6) is 0 Å². The molecule has 96 valence electrons. The third kappa shape index (κ3) is 3.24. The van der Waals surface area contributed by atoms with Crippen molar-refractivity contribution >= 4 is 15.9 Å². The summed E-state index contributed by atoms with van der Waals surface area (Å²) in [5.41, 5.74) is 1.28. The molecule has 1 aromatic carbocycles. The number of hydrogen-bond donors (Lipinski definition) is 1. The summed E-state index contributed by atoms with van der Waals surface area (Å²) in [4.78, 5) is 0. The molecule has 0 saturated heterocycles. The van der Waals surface area contributed by atoms with Crippen molar-refractivity contribution in [3.63, 3.8) is 0 Å². The van der Waals surface area contributed by atoms with Crippen LogP contribution in [-0.2, 0) is 0 Å². The van der Waals surface area contributed by atoms with Gasteiger partial charge in [0.25, 0.3) is 0 Å². The van der Waals surface area contributed by atoms with Crippen molar-refractivity contribution in [2.24, 2.45) is 0 Å². The number of nitrogens with one attached hydrogen (secondary N) is 1. The fraction of sp³-hybridized carbons (Fsp3) is 0.333. The van der Waals surface area contributed by atoms with Crippen LogP contribution in [0.15, 0.2) is 51.6 Å².